The number of likely N-dealkylation sites (tertiary alicyclic amines) is 1. The van der Waals surface area contributed by atoms with E-state index in [1.807, 2.05) is 48.2 Å². The molecule has 3 aromatic rings. The van der Waals surface area contributed by atoms with Gasteiger partial charge in [0.25, 0.3) is 5.91 Å². The van der Waals surface area contributed by atoms with Gasteiger partial charge in [-0.2, -0.15) is 5.26 Å². The van der Waals surface area contributed by atoms with Gasteiger partial charge in [-0.05, 0) is 124 Å². The van der Waals surface area contributed by atoms with E-state index in [2.05, 4.69) is 11.0 Å². The van der Waals surface area contributed by atoms with Crippen molar-refractivity contribution in [2.45, 2.75) is 68.6 Å². The number of hydrogen-bond acceptors (Lipinski definition) is 6. The van der Waals surface area contributed by atoms with Crippen LogP contribution in [-0.2, 0) is 22.7 Å². The van der Waals surface area contributed by atoms with Gasteiger partial charge in [0.05, 0.1) is 33.2 Å². The predicted octanol–water partition coefficient (Wildman–Crippen LogP) is 7.67. The molecule has 1 aliphatic carbocycles. The zero-order chi connectivity index (χ0) is 33.7. The molecule has 0 unspecified atom stereocenters. The van der Waals surface area contributed by atoms with Crippen molar-refractivity contribution in [3.63, 3.8) is 0 Å². The van der Waals surface area contributed by atoms with Crippen LogP contribution < -0.4 is 4.74 Å². The molecule has 1 atom stereocenters. The SMILES string of the molecule is CCN(C[C@@H](CCN1CCC(c2ccccc2S(C)(=O)=O)CC1)c1ccc(Cl)c(Cl)c1)C(=O)c1c2c(cc(C#N)c1OC)CCCC2. The third-order valence-electron chi connectivity index (χ3n) is 9.81. The zero-order valence-electron chi connectivity index (χ0n) is 27.4. The maximum absolute atomic E-state index is 14.4. The van der Waals surface area contributed by atoms with Gasteiger partial charge in [-0.1, -0.05) is 47.5 Å². The minimum atomic E-state index is -3.30. The third-order valence-corrected chi connectivity index (χ3v) is 11.7. The number of methoxy groups -OCH3 is 1. The first-order chi connectivity index (χ1) is 22.5. The average molecular weight is 697 g/mol. The third kappa shape index (κ3) is 7.97. The van der Waals surface area contributed by atoms with E-state index in [0.717, 1.165) is 86.8 Å². The Morgan fingerprint density at radius 3 is 2.47 bits per heavy atom. The predicted molar refractivity (Wildman–Crippen MR) is 188 cm³/mol. The van der Waals surface area contributed by atoms with Crippen LogP contribution in [0.1, 0.15) is 89.0 Å². The van der Waals surface area contributed by atoms with Gasteiger partial charge in [0.2, 0.25) is 0 Å². The molecular formula is C37H43Cl2N3O4S. The summed E-state index contributed by atoms with van der Waals surface area (Å²) in [6, 6.07) is 17.2. The molecule has 1 fully saturated rings. The largest absolute Gasteiger partial charge is 0.495 e. The molecule has 1 aliphatic heterocycles. The van der Waals surface area contributed by atoms with Gasteiger partial charge in [-0.3, -0.25) is 4.79 Å². The van der Waals surface area contributed by atoms with Gasteiger partial charge in [0, 0.05) is 25.3 Å². The summed E-state index contributed by atoms with van der Waals surface area (Å²) in [6.07, 6.45) is 7.50. The number of nitriles is 1. The minimum absolute atomic E-state index is 0.0154. The molecular weight excluding hydrogens is 653 g/mol. The molecule has 1 heterocycles. The van der Waals surface area contributed by atoms with E-state index in [1.165, 1.54) is 13.4 Å². The lowest BCUT2D eigenvalue weighted by Crippen LogP contribution is -2.38. The van der Waals surface area contributed by atoms with Crippen molar-refractivity contribution in [2.75, 3.05) is 46.1 Å². The molecule has 0 saturated carbocycles. The van der Waals surface area contributed by atoms with E-state index >= 15 is 0 Å². The smallest absolute Gasteiger partial charge is 0.257 e. The molecule has 1 amide bonds. The number of halogens is 2. The lowest BCUT2D eigenvalue weighted by Gasteiger charge is -2.35. The summed E-state index contributed by atoms with van der Waals surface area (Å²) in [4.78, 5) is 19.1. The van der Waals surface area contributed by atoms with Gasteiger partial charge in [-0.25, -0.2) is 8.42 Å². The molecule has 47 heavy (non-hydrogen) atoms. The Labute approximate surface area is 289 Å². The number of piperidine rings is 1. The van der Waals surface area contributed by atoms with Gasteiger partial charge >= 0.3 is 0 Å². The highest BCUT2D eigenvalue weighted by molar-refractivity contribution is 7.90. The highest BCUT2D eigenvalue weighted by Crippen LogP contribution is 2.37. The standard InChI is InChI=1S/C37H43Cl2N3O4S/c1-4-42(37(43)35-31-11-6-5-9-27(31)21-29(23-40)36(35)46-2)24-28(26-13-14-32(38)33(39)22-26)17-20-41-18-15-25(16-19-41)30-10-7-8-12-34(30)47(3,44)45/h7-8,10,12-14,21-22,25,28H,4-6,9,11,15-20,24H2,1-3H3/t28-/m1/s1. The van der Waals surface area contributed by atoms with E-state index < -0.39 is 9.84 Å². The fraction of sp³-hybridized carbons (Fsp3) is 0.459. The Morgan fingerprint density at radius 1 is 1.09 bits per heavy atom. The maximum atomic E-state index is 14.4. The number of benzene rings is 3. The number of aryl methyl sites for hydroxylation is 1. The second-order valence-corrected chi connectivity index (χ2v) is 15.5. The van der Waals surface area contributed by atoms with Crippen LogP contribution in [0.25, 0.3) is 0 Å². The molecule has 0 radical (unpaired) electrons. The van der Waals surface area contributed by atoms with Crippen molar-refractivity contribution in [2.24, 2.45) is 0 Å². The molecule has 2 aliphatic rings. The normalized spacial score (nSPS) is 16.3. The second kappa shape index (κ2) is 15.4. The van der Waals surface area contributed by atoms with E-state index in [0.29, 0.717) is 44.9 Å². The number of amides is 1. The average Bonchev–Trinajstić information content (AvgIpc) is 3.08. The Balaban J connectivity index is 1.36. The summed E-state index contributed by atoms with van der Waals surface area (Å²) in [5, 5.41) is 10.9. The summed E-state index contributed by atoms with van der Waals surface area (Å²) in [7, 11) is -1.77. The van der Waals surface area contributed by atoms with Crippen molar-refractivity contribution in [1.29, 1.82) is 5.26 Å². The number of ether oxygens (including phenoxy) is 1. The Kier molecular flexibility index (Phi) is 11.6. The molecule has 5 rings (SSSR count). The van der Waals surface area contributed by atoms with Crippen molar-refractivity contribution < 1.29 is 17.9 Å². The number of hydrogen-bond donors (Lipinski definition) is 0. The molecule has 7 nitrogen and oxygen atoms in total. The number of carbonyl (C=O) groups is 1. The van der Waals surface area contributed by atoms with Crippen LogP contribution in [0.5, 0.6) is 5.75 Å². The summed E-state index contributed by atoms with van der Waals surface area (Å²) < 4.78 is 30.6. The van der Waals surface area contributed by atoms with E-state index in [-0.39, 0.29) is 17.7 Å². The number of nitrogens with zero attached hydrogens (tertiary/aromatic N) is 3. The molecule has 1 saturated heterocycles. The molecule has 0 spiro atoms. The van der Waals surface area contributed by atoms with Crippen LogP contribution in [0.15, 0.2) is 53.4 Å². The quantitative estimate of drug-likeness (QED) is 0.205. The van der Waals surface area contributed by atoms with Gasteiger partial charge in [0.15, 0.2) is 9.84 Å². The summed E-state index contributed by atoms with van der Waals surface area (Å²) in [5.74, 6) is 0.428. The van der Waals surface area contributed by atoms with E-state index in [4.69, 9.17) is 27.9 Å². The Hall–Kier alpha value is -3.09. The first-order valence-corrected chi connectivity index (χ1v) is 19.1. The molecule has 3 aromatic carbocycles. The van der Waals surface area contributed by atoms with Crippen LogP contribution in [0.2, 0.25) is 10.0 Å². The van der Waals surface area contributed by atoms with E-state index in [9.17, 15) is 18.5 Å². The zero-order valence-corrected chi connectivity index (χ0v) is 29.7. The number of likely N-dealkylation sites (N-methyl/N-ethyl adjacent to an activating group) is 1. The molecule has 10 heteroatoms. The Morgan fingerprint density at radius 2 is 1.81 bits per heavy atom. The second-order valence-electron chi connectivity index (χ2n) is 12.7. The molecule has 0 bridgehead atoms. The van der Waals surface area contributed by atoms with Crippen molar-refractivity contribution in [3.8, 4) is 11.8 Å². The number of fused-ring (bicyclic) bond motifs is 1. The van der Waals surface area contributed by atoms with Crippen LogP contribution in [0, 0.1) is 11.3 Å². The first kappa shape index (κ1) is 35.2. The molecule has 0 N–H and O–H groups in total. The lowest BCUT2D eigenvalue weighted by molar-refractivity contribution is 0.0744. The summed E-state index contributed by atoms with van der Waals surface area (Å²) in [6.45, 7) is 5.49. The molecule has 250 valence electrons. The summed E-state index contributed by atoms with van der Waals surface area (Å²) >= 11 is 12.8. The highest BCUT2D eigenvalue weighted by atomic mass is 35.5. The molecule has 0 aromatic heterocycles. The monoisotopic (exact) mass is 695 g/mol. The fourth-order valence-electron chi connectivity index (χ4n) is 7.28. The topological polar surface area (TPSA) is 90.7 Å². The van der Waals surface area contributed by atoms with Crippen molar-refractivity contribution >= 4 is 38.9 Å². The van der Waals surface area contributed by atoms with Crippen LogP contribution >= 0.6 is 23.2 Å². The van der Waals surface area contributed by atoms with Crippen molar-refractivity contribution in [1.82, 2.24) is 9.80 Å². The van der Waals surface area contributed by atoms with Gasteiger partial charge in [-0.15, -0.1) is 0 Å². The Bertz CT molecular complexity index is 1760. The fourth-order valence-corrected chi connectivity index (χ4v) is 8.57. The first-order valence-electron chi connectivity index (χ1n) is 16.4. The van der Waals surface area contributed by atoms with Crippen LogP contribution in [0.3, 0.4) is 0 Å². The van der Waals surface area contributed by atoms with Crippen LogP contribution in [-0.4, -0.2) is 70.2 Å². The lowest BCUT2D eigenvalue weighted by atomic mass is 9.85. The summed E-state index contributed by atoms with van der Waals surface area (Å²) in [5.41, 5.74) is 4.92. The minimum Gasteiger partial charge on any atom is -0.495 e. The number of carbonyl (C=O) groups excluding carboxylic acids is 1. The highest BCUT2D eigenvalue weighted by Gasteiger charge is 2.31. The van der Waals surface area contributed by atoms with Gasteiger partial charge < -0.3 is 14.5 Å². The maximum Gasteiger partial charge on any atom is 0.257 e. The van der Waals surface area contributed by atoms with Crippen molar-refractivity contribution in [3.05, 3.63) is 92.0 Å². The van der Waals surface area contributed by atoms with E-state index in [1.54, 1.807) is 12.1 Å². The number of sulfone groups is 1. The number of rotatable bonds is 11. The van der Waals surface area contributed by atoms with Crippen LogP contribution in [0.4, 0.5) is 0 Å². The van der Waals surface area contributed by atoms with Gasteiger partial charge in [0.1, 0.15) is 11.8 Å².